The first-order valence-corrected chi connectivity index (χ1v) is 9.87. The fourth-order valence-electron chi connectivity index (χ4n) is 2.56. The number of rotatable bonds is 5. The molecule has 0 bridgehead atoms. The lowest BCUT2D eigenvalue weighted by Gasteiger charge is -2.36. The van der Waals surface area contributed by atoms with E-state index in [1.165, 1.54) is 0 Å². The van der Waals surface area contributed by atoms with Gasteiger partial charge in [-0.25, -0.2) is 0 Å². The SMILES string of the molecule is CCC(C)OC(=O)CC1C(=O)NCCN1C(=S)NC(=O)c1ccccc1Br. The van der Waals surface area contributed by atoms with Crippen molar-refractivity contribution in [3.63, 3.8) is 0 Å². The van der Waals surface area contributed by atoms with E-state index in [0.717, 1.165) is 0 Å². The Balaban J connectivity index is 2.07. The van der Waals surface area contributed by atoms with Gasteiger partial charge in [-0.3, -0.25) is 19.7 Å². The molecule has 2 atom stereocenters. The largest absolute Gasteiger partial charge is 0.463 e. The number of hydrogen-bond donors (Lipinski definition) is 2. The van der Waals surface area contributed by atoms with E-state index < -0.39 is 12.0 Å². The van der Waals surface area contributed by atoms with E-state index in [1.807, 2.05) is 6.92 Å². The fraction of sp³-hybridized carbons (Fsp3) is 0.444. The number of piperazine rings is 1. The lowest BCUT2D eigenvalue weighted by molar-refractivity contribution is -0.151. The number of carbonyl (C=O) groups is 3. The van der Waals surface area contributed by atoms with Crippen LogP contribution in [0, 0.1) is 0 Å². The van der Waals surface area contributed by atoms with Crippen molar-refractivity contribution in [2.45, 2.75) is 38.8 Å². The number of thiocarbonyl (C=S) groups is 1. The van der Waals surface area contributed by atoms with Crippen LogP contribution in [0.25, 0.3) is 0 Å². The maximum Gasteiger partial charge on any atom is 0.308 e. The van der Waals surface area contributed by atoms with E-state index in [1.54, 1.807) is 36.1 Å². The Morgan fingerprint density at radius 3 is 2.81 bits per heavy atom. The zero-order chi connectivity index (χ0) is 20.0. The van der Waals surface area contributed by atoms with Gasteiger partial charge in [-0.15, -0.1) is 0 Å². The van der Waals surface area contributed by atoms with Gasteiger partial charge in [-0.2, -0.15) is 0 Å². The Morgan fingerprint density at radius 1 is 1.44 bits per heavy atom. The lowest BCUT2D eigenvalue weighted by Crippen LogP contribution is -2.60. The summed E-state index contributed by atoms with van der Waals surface area (Å²) >= 11 is 8.66. The summed E-state index contributed by atoms with van der Waals surface area (Å²) in [6, 6.07) is 6.13. The summed E-state index contributed by atoms with van der Waals surface area (Å²) in [4.78, 5) is 38.4. The van der Waals surface area contributed by atoms with Gasteiger partial charge < -0.3 is 15.0 Å². The summed E-state index contributed by atoms with van der Waals surface area (Å²) in [5.41, 5.74) is 0.425. The number of nitrogens with one attached hydrogen (secondary N) is 2. The first-order valence-electron chi connectivity index (χ1n) is 8.67. The summed E-state index contributed by atoms with van der Waals surface area (Å²) in [6.45, 7) is 4.46. The molecule has 0 saturated carbocycles. The molecule has 2 N–H and O–H groups in total. The van der Waals surface area contributed by atoms with Crippen molar-refractivity contribution in [3.05, 3.63) is 34.3 Å². The summed E-state index contributed by atoms with van der Waals surface area (Å²) in [7, 11) is 0. The summed E-state index contributed by atoms with van der Waals surface area (Å²) < 4.78 is 5.90. The number of ether oxygens (including phenoxy) is 1. The predicted octanol–water partition coefficient (Wildman–Crippen LogP) is 2.00. The molecule has 0 aliphatic carbocycles. The Labute approximate surface area is 171 Å². The number of halogens is 1. The molecule has 9 heteroatoms. The third-order valence-corrected chi connectivity index (χ3v) is 5.23. The van der Waals surface area contributed by atoms with Crippen LogP contribution in [0.5, 0.6) is 0 Å². The average Bonchev–Trinajstić information content (AvgIpc) is 2.63. The van der Waals surface area contributed by atoms with E-state index in [2.05, 4.69) is 26.6 Å². The second-order valence-corrected chi connectivity index (χ2v) is 7.39. The minimum absolute atomic E-state index is 0.104. The molecule has 1 aromatic rings. The van der Waals surface area contributed by atoms with Crippen LogP contribution in [-0.2, 0) is 14.3 Å². The van der Waals surface area contributed by atoms with Gasteiger partial charge in [0.05, 0.1) is 18.1 Å². The molecule has 7 nitrogen and oxygen atoms in total. The Kier molecular flexibility index (Phi) is 7.73. The molecule has 1 fully saturated rings. The molecule has 2 unspecified atom stereocenters. The molecule has 0 radical (unpaired) electrons. The van der Waals surface area contributed by atoms with Crippen molar-refractivity contribution in [1.82, 2.24) is 15.5 Å². The highest BCUT2D eigenvalue weighted by atomic mass is 79.9. The van der Waals surface area contributed by atoms with Crippen LogP contribution >= 0.6 is 28.1 Å². The molecule has 2 amide bonds. The minimum atomic E-state index is -0.817. The second kappa shape index (κ2) is 9.80. The van der Waals surface area contributed by atoms with Crippen molar-refractivity contribution >= 4 is 51.0 Å². The van der Waals surface area contributed by atoms with Gasteiger partial charge in [0, 0.05) is 17.6 Å². The molecule has 146 valence electrons. The number of nitrogens with zero attached hydrogens (tertiary/aromatic N) is 1. The zero-order valence-electron chi connectivity index (χ0n) is 15.2. The van der Waals surface area contributed by atoms with E-state index >= 15 is 0 Å². The standard InChI is InChI=1S/C18H22BrN3O4S/c1-3-11(2)26-15(23)10-14-17(25)20-8-9-22(14)18(27)21-16(24)12-6-4-5-7-13(12)19/h4-7,11,14H,3,8-10H2,1-2H3,(H,20,25)(H,21,24,27). The third kappa shape index (κ3) is 5.74. The van der Waals surface area contributed by atoms with Gasteiger partial charge in [0.1, 0.15) is 6.04 Å². The minimum Gasteiger partial charge on any atom is -0.463 e. The molecule has 1 aliphatic rings. The molecule has 0 aromatic heterocycles. The fourth-order valence-corrected chi connectivity index (χ4v) is 3.33. The van der Waals surface area contributed by atoms with E-state index in [-0.39, 0.29) is 29.5 Å². The molecule has 27 heavy (non-hydrogen) atoms. The van der Waals surface area contributed by atoms with Gasteiger partial charge >= 0.3 is 5.97 Å². The van der Waals surface area contributed by atoms with Gasteiger partial charge in [0.15, 0.2) is 5.11 Å². The Hall–Kier alpha value is -2.00. The molecule has 2 rings (SSSR count). The quantitative estimate of drug-likeness (QED) is 0.521. The number of carbonyl (C=O) groups excluding carboxylic acids is 3. The maximum absolute atomic E-state index is 12.5. The van der Waals surface area contributed by atoms with Crippen LogP contribution in [-0.4, -0.2) is 53.0 Å². The average molecular weight is 456 g/mol. The van der Waals surface area contributed by atoms with Gasteiger partial charge in [0.2, 0.25) is 5.91 Å². The van der Waals surface area contributed by atoms with Gasteiger partial charge in [-0.1, -0.05) is 19.1 Å². The van der Waals surface area contributed by atoms with Crippen molar-refractivity contribution in [1.29, 1.82) is 0 Å². The number of hydrogen-bond acceptors (Lipinski definition) is 5. The topological polar surface area (TPSA) is 87.7 Å². The first-order chi connectivity index (χ1) is 12.8. The number of benzene rings is 1. The summed E-state index contributed by atoms with van der Waals surface area (Å²) in [5, 5.41) is 5.46. The summed E-state index contributed by atoms with van der Waals surface area (Å²) in [5.74, 6) is -1.18. The van der Waals surface area contributed by atoms with Crippen LogP contribution in [0.15, 0.2) is 28.7 Å². The van der Waals surface area contributed by atoms with E-state index in [0.29, 0.717) is 29.5 Å². The molecule has 1 aromatic carbocycles. The molecule has 1 saturated heterocycles. The van der Waals surface area contributed by atoms with Crippen molar-refractivity contribution < 1.29 is 19.1 Å². The van der Waals surface area contributed by atoms with Crippen molar-refractivity contribution in [2.24, 2.45) is 0 Å². The highest BCUT2D eigenvalue weighted by Gasteiger charge is 2.34. The number of esters is 1. The predicted molar refractivity (Wildman–Crippen MR) is 108 cm³/mol. The third-order valence-electron chi connectivity index (χ3n) is 4.20. The molecule has 0 spiro atoms. The van der Waals surface area contributed by atoms with Gasteiger partial charge in [0.25, 0.3) is 5.91 Å². The van der Waals surface area contributed by atoms with Gasteiger partial charge in [-0.05, 0) is 53.6 Å². The second-order valence-electron chi connectivity index (χ2n) is 6.15. The summed E-state index contributed by atoms with van der Waals surface area (Å²) in [6.07, 6.45) is 0.327. The highest BCUT2D eigenvalue weighted by molar-refractivity contribution is 9.10. The monoisotopic (exact) mass is 455 g/mol. The van der Waals surface area contributed by atoms with Crippen molar-refractivity contribution in [3.8, 4) is 0 Å². The number of amides is 2. The van der Waals surface area contributed by atoms with E-state index in [9.17, 15) is 14.4 Å². The highest BCUT2D eigenvalue weighted by Crippen LogP contribution is 2.16. The molecular weight excluding hydrogens is 434 g/mol. The molecule has 1 aliphatic heterocycles. The van der Waals surface area contributed by atoms with Crippen LogP contribution in [0.1, 0.15) is 37.0 Å². The van der Waals surface area contributed by atoms with Crippen LogP contribution in [0.3, 0.4) is 0 Å². The molecular formula is C18H22BrN3O4S. The van der Waals surface area contributed by atoms with Crippen LogP contribution in [0.4, 0.5) is 0 Å². The molecule has 1 heterocycles. The maximum atomic E-state index is 12.5. The Morgan fingerprint density at radius 2 is 2.15 bits per heavy atom. The Bertz CT molecular complexity index is 743. The van der Waals surface area contributed by atoms with E-state index in [4.69, 9.17) is 17.0 Å². The van der Waals surface area contributed by atoms with Crippen LogP contribution in [0.2, 0.25) is 0 Å². The zero-order valence-corrected chi connectivity index (χ0v) is 17.6. The lowest BCUT2D eigenvalue weighted by atomic mass is 10.1. The normalized spacial score (nSPS) is 17.7. The first kappa shape index (κ1) is 21.3. The van der Waals surface area contributed by atoms with Crippen molar-refractivity contribution in [2.75, 3.05) is 13.1 Å². The smallest absolute Gasteiger partial charge is 0.308 e. The van der Waals surface area contributed by atoms with Crippen LogP contribution < -0.4 is 10.6 Å².